The average Bonchev–Trinajstić information content (AvgIpc) is 2.77. The zero-order chi connectivity index (χ0) is 12.8. The molecular weight excluding hydrogens is 242 g/mol. The molecule has 0 aromatic carbocycles. The molecule has 1 fully saturated rings. The Bertz CT molecular complexity index is 389. The number of hydrogen-bond acceptors (Lipinski definition) is 3. The summed E-state index contributed by atoms with van der Waals surface area (Å²) >= 11 is 1.85. The Morgan fingerprint density at radius 3 is 2.94 bits per heavy atom. The zero-order valence-corrected chi connectivity index (χ0v) is 11.9. The van der Waals surface area contributed by atoms with Gasteiger partial charge in [-0.25, -0.2) is 0 Å². The van der Waals surface area contributed by atoms with E-state index < -0.39 is 0 Å². The minimum absolute atomic E-state index is 0.606. The van der Waals surface area contributed by atoms with E-state index in [0.717, 1.165) is 29.8 Å². The van der Waals surface area contributed by atoms with Crippen LogP contribution in [0.1, 0.15) is 25.8 Å². The normalized spacial score (nSPS) is 21.5. The molecule has 1 aliphatic heterocycles. The molecule has 1 unspecified atom stereocenters. The Morgan fingerprint density at radius 2 is 2.22 bits per heavy atom. The van der Waals surface area contributed by atoms with Gasteiger partial charge in [0.1, 0.15) is 0 Å². The van der Waals surface area contributed by atoms with E-state index in [-0.39, 0.29) is 0 Å². The Kier molecular flexibility index (Phi) is 5.05. The molecule has 0 bridgehead atoms. The second kappa shape index (κ2) is 6.78. The highest BCUT2D eigenvalue weighted by molar-refractivity contribution is 8.14. The monoisotopic (exact) mass is 263 g/mol. The van der Waals surface area contributed by atoms with E-state index in [0.29, 0.717) is 6.04 Å². The topological polar surface area (TPSA) is 37.3 Å². The van der Waals surface area contributed by atoms with Crippen molar-refractivity contribution in [3.05, 3.63) is 30.1 Å². The Labute approximate surface area is 113 Å². The summed E-state index contributed by atoms with van der Waals surface area (Å²) < 4.78 is 0. The predicted octanol–water partition coefficient (Wildman–Crippen LogP) is 2.73. The highest BCUT2D eigenvalue weighted by atomic mass is 32.2. The number of aliphatic imine (C=N–C) groups is 1. The first-order chi connectivity index (χ1) is 8.74. The van der Waals surface area contributed by atoms with Crippen LogP contribution in [0.3, 0.4) is 0 Å². The summed E-state index contributed by atoms with van der Waals surface area (Å²) in [6.07, 6.45) is 5.90. The fourth-order valence-electron chi connectivity index (χ4n) is 2.06. The summed E-state index contributed by atoms with van der Waals surface area (Å²) in [7, 11) is 0. The van der Waals surface area contributed by atoms with Gasteiger partial charge in [0.2, 0.25) is 0 Å². The molecule has 3 nitrogen and oxygen atoms in total. The van der Waals surface area contributed by atoms with Crippen LogP contribution in [0.15, 0.2) is 29.5 Å². The highest BCUT2D eigenvalue weighted by Gasteiger charge is 2.20. The molecule has 18 heavy (non-hydrogen) atoms. The second-order valence-electron chi connectivity index (χ2n) is 5.07. The summed E-state index contributed by atoms with van der Waals surface area (Å²) in [4.78, 5) is 8.64. The zero-order valence-electron chi connectivity index (χ0n) is 11.1. The molecule has 1 atom stereocenters. The van der Waals surface area contributed by atoms with E-state index in [2.05, 4.69) is 41.3 Å². The van der Waals surface area contributed by atoms with Crippen molar-refractivity contribution >= 4 is 16.9 Å². The van der Waals surface area contributed by atoms with Crippen LogP contribution in [0, 0.1) is 5.92 Å². The number of rotatable bonds is 5. The summed E-state index contributed by atoms with van der Waals surface area (Å²) in [5.74, 6) is 1.91. The third-order valence-corrected chi connectivity index (χ3v) is 4.00. The van der Waals surface area contributed by atoms with E-state index in [1.54, 1.807) is 0 Å². The molecule has 0 amide bonds. The fourth-order valence-corrected chi connectivity index (χ4v) is 3.07. The minimum atomic E-state index is 0.606. The molecule has 1 aromatic rings. The van der Waals surface area contributed by atoms with Crippen LogP contribution >= 0.6 is 11.8 Å². The first-order valence-electron chi connectivity index (χ1n) is 6.56. The number of hydrogen-bond donors (Lipinski definition) is 1. The number of pyridine rings is 1. The van der Waals surface area contributed by atoms with Gasteiger partial charge in [0.05, 0.1) is 0 Å². The number of thioether (sulfide) groups is 1. The maximum Gasteiger partial charge on any atom is 0.156 e. The van der Waals surface area contributed by atoms with Gasteiger partial charge in [0.25, 0.3) is 0 Å². The summed E-state index contributed by atoms with van der Waals surface area (Å²) in [6.45, 7) is 5.39. The van der Waals surface area contributed by atoms with E-state index in [1.807, 2.05) is 24.2 Å². The van der Waals surface area contributed by atoms with Gasteiger partial charge < -0.3 is 5.32 Å². The molecule has 1 aliphatic rings. The molecule has 0 aliphatic carbocycles. The van der Waals surface area contributed by atoms with E-state index in [1.165, 1.54) is 12.0 Å². The third kappa shape index (κ3) is 4.33. The summed E-state index contributed by atoms with van der Waals surface area (Å²) in [5, 5.41) is 4.63. The quantitative estimate of drug-likeness (QED) is 0.887. The molecule has 2 rings (SSSR count). The Hall–Kier alpha value is -1.03. The van der Waals surface area contributed by atoms with Crippen molar-refractivity contribution in [2.45, 2.75) is 32.7 Å². The molecule has 98 valence electrons. The molecule has 0 saturated carbocycles. The predicted molar refractivity (Wildman–Crippen MR) is 79.1 cm³/mol. The first-order valence-corrected chi connectivity index (χ1v) is 7.55. The largest absolute Gasteiger partial charge is 0.361 e. The van der Waals surface area contributed by atoms with Crippen LogP contribution in [-0.2, 0) is 6.42 Å². The Balaban J connectivity index is 1.74. The maximum absolute atomic E-state index is 4.62. The first kappa shape index (κ1) is 13.4. The molecular formula is C14H21N3S. The van der Waals surface area contributed by atoms with Gasteiger partial charge in [-0.3, -0.25) is 9.98 Å². The van der Waals surface area contributed by atoms with Crippen LogP contribution in [0.25, 0.3) is 0 Å². The van der Waals surface area contributed by atoms with Crippen LogP contribution in [0.5, 0.6) is 0 Å². The van der Waals surface area contributed by atoms with Crippen LogP contribution in [0.4, 0.5) is 0 Å². The van der Waals surface area contributed by atoms with Crippen molar-refractivity contribution in [3.63, 3.8) is 0 Å². The van der Waals surface area contributed by atoms with Gasteiger partial charge in [-0.15, -0.1) is 0 Å². The Morgan fingerprint density at radius 1 is 1.44 bits per heavy atom. The van der Waals surface area contributed by atoms with E-state index in [9.17, 15) is 0 Å². The number of amidine groups is 1. The van der Waals surface area contributed by atoms with E-state index in [4.69, 9.17) is 0 Å². The molecule has 2 heterocycles. The molecule has 0 radical (unpaired) electrons. The van der Waals surface area contributed by atoms with E-state index >= 15 is 0 Å². The standard InChI is InChI=1S/C14H21N3S/c1-11(2)9-13-10-18-14(17-13)16-8-5-12-3-6-15-7-4-12/h3-4,6-7,11,13H,5,8-10H2,1-2H3,(H,16,17). The van der Waals surface area contributed by atoms with Crippen molar-refractivity contribution in [3.8, 4) is 0 Å². The van der Waals surface area contributed by atoms with Gasteiger partial charge in [-0.2, -0.15) is 0 Å². The number of nitrogens with zero attached hydrogens (tertiary/aromatic N) is 2. The third-order valence-electron chi connectivity index (χ3n) is 2.91. The van der Waals surface area contributed by atoms with Crippen molar-refractivity contribution in [1.29, 1.82) is 0 Å². The van der Waals surface area contributed by atoms with Crippen molar-refractivity contribution < 1.29 is 0 Å². The van der Waals surface area contributed by atoms with Gasteiger partial charge in [-0.1, -0.05) is 25.6 Å². The molecule has 1 saturated heterocycles. The van der Waals surface area contributed by atoms with Crippen molar-refractivity contribution in [2.24, 2.45) is 10.9 Å². The molecule has 0 spiro atoms. The number of aromatic nitrogens is 1. The summed E-state index contributed by atoms with van der Waals surface area (Å²) in [6, 6.07) is 4.71. The average molecular weight is 263 g/mol. The van der Waals surface area contributed by atoms with Crippen molar-refractivity contribution in [2.75, 3.05) is 12.3 Å². The highest BCUT2D eigenvalue weighted by Crippen LogP contribution is 2.19. The lowest BCUT2D eigenvalue weighted by Crippen LogP contribution is -2.28. The van der Waals surface area contributed by atoms with Crippen LogP contribution in [-0.4, -0.2) is 28.5 Å². The lowest BCUT2D eigenvalue weighted by atomic mass is 10.1. The van der Waals surface area contributed by atoms with Gasteiger partial charge in [0, 0.05) is 30.7 Å². The van der Waals surface area contributed by atoms with Crippen LogP contribution < -0.4 is 5.32 Å². The lowest BCUT2D eigenvalue weighted by Gasteiger charge is -2.11. The van der Waals surface area contributed by atoms with Crippen molar-refractivity contribution in [1.82, 2.24) is 10.3 Å². The fraction of sp³-hybridized carbons (Fsp3) is 0.571. The summed E-state index contributed by atoms with van der Waals surface area (Å²) in [5.41, 5.74) is 1.30. The number of nitrogens with one attached hydrogen (secondary N) is 1. The smallest absolute Gasteiger partial charge is 0.156 e. The van der Waals surface area contributed by atoms with Gasteiger partial charge in [0.15, 0.2) is 5.17 Å². The molecule has 1 aromatic heterocycles. The maximum atomic E-state index is 4.62. The molecule has 4 heteroatoms. The second-order valence-corrected chi connectivity index (χ2v) is 6.08. The lowest BCUT2D eigenvalue weighted by molar-refractivity contribution is 0.502. The van der Waals surface area contributed by atoms with Gasteiger partial charge >= 0.3 is 0 Å². The van der Waals surface area contributed by atoms with Gasteiger partial charge in [-0.05, 0) is 36.5 Å². The SMILES string of the molecule is CC(C)CC1CSC(=NCCc2ccncc2)N1. The van der Waals surface area contributed by atoms with Crippen LogP contribution in [0.2, 0.25) is 0 Å². The molecule has 1 N–H and O–H groups in total. The minimum Gasteiger partial charge on any atom is -0.361 e.